The van der Waals surface area contributed by atoms with Crippen LogP contribution in [0.3, 0.4) is 0 Å². The van der Waals surface area contributed by atoms with Crippen LogP contribution in [0.1, 0.15) is 21.5 Å². The highest BCUT2D eigenvalue weighted by molar-refractivity contribution is 5.96. The minimum absolute atomic E-state index is 0.325. The van der Waals surface area contributed by atoms with Crippen molar-refractivity contribution in [2.75, 3.05) is 12.4 Å². The van der Waals surface area contributed by atoms with Crippen molar-refractivity contribution >= 4 is 17.7 Å². The molecule has 114 valence electrons. The van der Waals surface area contributed by atoms with E-state index >= 15 is 0 Å². The van der Waals surface area contributed by atoms with Gasteiger partial charge in [-0.1, -0.05) is 36.4 Å². The SMILES string of the molecule is COC(=O)c1cccc(NC(=O)NCc2ccccc2)c1C. The molecule has 0 unspecified atom stereocenters. The minimum atomic E-state index is -0.425. The quantitative estimate of drug-likeness (QED) is 0.852. The van der Waals surface area contributed by atoms with E-state index in [0.717, 1.165) is 5.56 Å². The number of rotatable bonds is 4. The van der Waals surface area contributed by atoms with Gasteiger partial charge in [0.15, 0.2) is 0 Å². The third-order valence-electron chi connectivity index (χ3n) is 3.28. The predicted molar refractivity (Wildman–Crippen MR) is 84.8 cm³/mol. The summed E-state index contributed by atoms with van der Waals surface area (Å²) in [4.78, 5) is 23.6. The van der Waals surface area contributed by atoms with Crippen molar-refractivity contribution in [3.63, 3.8) is 0 Å². The predicted octanol–water partition coefficient (Wildman–Crippen LogP) is 3.10. The monoisotopic (exact) mass is 298 g/mol. The molecule has 0 aliphatic heterocycles. The van der Waals surface area contributed by atoms with Crippen LogP contribution in [0.5, 0.6) is 0 Å². The Bertz CT molecular complexity index is 669. The molecule has 0 aliphatic carbocycles. The van der Waals surface area contributed by atoms with Gasteiger partial charge >= 0.3 is 12.0 Å². The number of hydrogen-bond donors (Lipinski definition) is 2. The van der Waals surface area contributed by atoms with Crippen LogP contribution in [-0.4, -0.2) is 19.1 Å². The lowest BCUT2D eigenvalue weighted by Crippen LogP contribution is -2.28. The number of carbonyl (C=O) groups is 2. The van der Waals surface area contributed by atoms with Gasteiger partial charge in [0.2, 0.25) is 0 Å². The summed E-state index contributed by atoms with van der Waals surface area (Å²) in [7, 11) is 1.33. The zero-order chi connectivity index (χ0) is 15.9. The number of carbonyl (C=O) groups excluding carboxylic acids is 2. The lowest BCUT2D eigenvalue weighted by molar-refractivity contribution is 0.0600. The fraction of sp³-hybridized carbons (Fsp3) is 0.176. The molecule has 0 radical (unpaired) electrons. The van der Waals surface area contributed by atoms with E-state index in [1.54, 1.807) is 25.1 Å². The number of nitrogens with one attached hydrogen (secondary N) is 2. The summed E-state index contributed by atoms with van der Waals surface area (Å²) in [5, 5.41) is 5.51. The Morgan fingerprint density at radius 3 is 2.45 bits per heavy atom. The molecule has 22 heavy (non-hydrogen) atoms. The molecular formula is C17H18N2O3. The molecular weight excluding hydrogens is 280 g/mol. The normalized spacial score (nSPS) is 9.91. The van der Waals surface area contributed by atoms with Gasteiger partial charge in [-0.25, -0.2) is 9.59 Å². The van der Waals surface area contributed by atoms with E-state index in [9.17, 15) is 9.59 Å². The third-order valence-corrected chi connectivity index (χ3v) is 3.28. The van der Waals surface area contributed by atoms with E-state index in [1.165, 1.54) is 7.11 Å². The van der Waals surface area contributed by atoms with Gasteiger partial charge in [0.25, 0.3) is 0 Å². The molecule has 2 aromatic rings. The molecule has 2 N–H and O–H groups in total. The lowest BCUT2D eigenvalue weighted by Gasteiger charge is -2.12. The molecule has 2 aromatic carbocycles. The number of benzene rings is 2. The van der Waals surface area contributed by atoms with E-state index in [2.05, 4.69) is 10.6 Å². The van der Waals surface area contributed by atoms with Crippen LogP contribution >= 0.6 is 0 Å². The molecule has 0 aromatic heterocycles. The lowest BCUT2D eigenvalue weighted by atomic mass is 10.1. The Morgan fingerprint density at radius 1 is 1.05 bits per heavy atom. The second-order valence-electron chi connectivity index (χ2n) is 4.76. The summed E-state index contributed by atoms with van der Waals surface area (Å²) in [5.41, 5.74) is 2.69. The van der Waals surface area contributed by atoms with Crippen LogP contribution in [0.4, 0.5) is 10.5 Å². The Labute approximate surface area is 129 Å². The number of ether oxygens (including phenoxy) is 1. The van der Waals surface area contributed by atoms with E-state index in [1.807, 2.05) is 30.3 Å². The number of esters is 1. The molecule has 0 fully saturated rings. The molecule has 0 bridgehead atoms. The number of urea groups is 1. The molecule has 0 aliphatic rings. The second-order valence-corrected chi connectivity index (χ2v) is 4.76. The number of hydrogen-bond acceptors (Lipinski definition) is 3. The topological polar surface area (TPSA) is 67.4 Å². The van der Waals surface area contributed by atoms with Gasteiger partial charge in [-0.05, 0) is 30.2 Å². The van der Waals surface area contributed by atoms with Crippen LogP contribution in [0, 0.1) is 6.92 Å². The van der Waals surface area contributed by atoms with Crippen LogP contribution in [0.2, 0.25) is 0 Å². The average molecular weight is 298 g/mol. The summed E-state index contributed by atoms with van der Waals surface area (Å²) in [5.74, 6) is -0.425. The van der Waals surface area contributed by atoms with Gasteiger partial charge in [0, 0.05) is 12.2 Å². The number of anilines is 1. The number of amides is 2. The molecule has 2 amide bonds. The van der Waals surface area contributed by atoms with E-state index in [4.69, 9.17) is 4.74 Å². The van der Waals surface area contributed by atoms with Gasteiger partial charge in [-0.3, -0.25) is 0 Å². The highest BCUT2D eigenvalue weighted by Crippen LogP contribution is 2.19. The fourth-order valence-electron chi connectivity index (χ4n) is 2.05. The summed E-state index contributed by atoms with van der Waals surface area (Å²) < 4.78 is 4.72. The van der Waals surface area contributed by atoms with Gasteiger partial charge in [0.1, 0.15) is 0 Å². The number of methoxy groups -OCH3 is 1. The third kappa shape index (κ3) is 3.85. The average Bonchev–Trinajstić information content (AvgIpc) is 2.55. The molecule has 0 heterocycles. The fourth-order valence-corrected chi connectivity index (χ4v) is 2.05. The van der Waals surface area contributed by atoms with Gasteiger partial charge in [-0.15, -0.1) is 0 Å². The van der Waals surface area contributed by atoms with Crippen LogP contribution in [-0.2, 0) is 11.3 Å². The van der Waals surface area contributed by atoms with Crippen LogP contribution in [0.15, 0.2) is 48.5 Å². The van der Waals surface area contributed by atoms with E-state index < -0.39 is 5.97 Å². The first-order valence-electron chi connectivity index (χ1n) is 6.88. The summed E-state index contributed by atoms with van der Waals surface area (Å²) >= 11 is 0. The summed E-state index contributed by atoms with van der Waals surface area (Å²) in [6.07, 6.45) is 0. The standard InChI is InChI=1S/C17H18N2O3/c1-12-14(16(20)22-2)9-6-10-15(12)19-17(21)18-11-13-7-4-3-5-8-13/h3-10H,11H2,1-2H3,(H2,18,19,21). The highest BCUT2D eigenvalue weighted by atomic mass is 16.5. The molecule has 0 spiro atoms. The van der Waals surface area contributed by atoms with E-state index in [0.29, 0.717) is 23.4 Å². The largest absolute Gasteiger partial charge is 0.465 e. The Kier molecular flexibility index (Phi) is 5.14. The van der Waals surface area contributed by atoms with Crippen molar-refractivity contribution in [1.82, 2.24) is 5.32 Å². The first-order valence-corrected chi connectivity index (χ1v) is 6.88. The highest BCUT2D eigenvalue weighted by Gasteiger charge is 2.13. The van der Waals surface area contributed by atoms with Crippen LogP contribution in [0.25, 0.3) is 0 Å². The minimum Gasteiger partial charge on any atom is -0.465 e. The van der Waals surface area contributed by atoms with Crippen molar-refractivity contribution in [2.24, 2.45) is 0 Å². The summed E-state index contributed by atoms with van der Waals surface area (Å²) in [6, 6.07) is 14.4. The Morgan fingerprint density at radius 2 is 1.77 bits per heavy atom. The maximum Gasteiger partial charge on any atom is 0.338 e. The zero-order valence-electron chi connectivity index (χ0n) is 12.6. The smallest absolute Gasteiger partial charge is 0.338 e. The second kappa shape index (κ2) is 7.26. The maximum atomic E-state index is 12.0. The summed E-state index contributed by atoms with van der Waals surface area (Å²) in [6.45, 7) is 2.20. The zero-order valence-corrected chi connectivity index (χ0v) is 12.6. The van der Waals surface area contributed by atoms with Crippen molar-refractivity contribution in [3.8, 4) is 0 Å². The molecule has 5 nitrogen and oxygen atoms in total. The molecule has 0 saturated heterocycles. The van der Waals surface area contributed by atoms with Crippen molar-refractivity contribution in [3.05, 3.63) is 65.2 Å². The molecule has 5 heteroatoms. The van der Waals surface area contributed by atoms with Gasteiger partial charge in [0.05, 0.1) is 12.7 Å². The molecule has 0 atom stereocenters. The van der Waals surface area contributed by atoms with Crippen LogP contribution < -0.4 is 10.6 Å². The first-order chi connectivity index (χ1) is 10.6. The van der Waals surface area contributed by atoms with Crippen molar-refractivity contribution < 1.29 is 14.3 Å². The maximum absolute atomic E-state index is 12.0. The first kappa shape index (κ1) is 15.6. The Balaban J connectivity index is 2.01. The molecule has 2 rings (SSSR count). The Hall–Kier alpha value is -2.82. The van der Waals surface area contributed by atoms with Crippen molar-refractivity contribution in [1.29, 1.82) is 0 Å². The van der Waals surface area contributed by atoms with Gasteiger partial charge < -0.3 is 15.4 Å². The van der Waals surface area contributed by atoms with Crippen molar-refractivity contribution in [2.45, 2.75) is 13.5 Å². The van der Waals surface area contributed by atoms with E-state index in [-0.39, 0.29) is 6.03 Å². The molecule has 0 saturated carbocycles. The van der Waals surface area contributed by atoms with Gasteiger partial charge in [-0.2, -0.15) is 0 Å².